The Morgan fingerprint density at radius 3 is 1.93 bits per heavy atom. The van der Waals surface area contributed by atoms with Gasteiger partial charge in [0.15, 0.2) is 0 Å². The van der Waals surface area contributed by atoms with Crippen LogP contribution >= 0.6 is 23.2 Å². The van der Waals surface area contributed by atoms with Crippen LogP contribution in [-0.2, 0) is 30.8 Å². The van der Waals surface area contributed by atoms with Crippen LogP contribution in [0.1, 0.15) is 22.3 Å². The predicted octanol–water partition coefficient (Wildman–Crippen LogP) is 5.86. The summed E-state index contributed by atoms with van der Waals surface area (Å²) in [6.45, 7) is 4.34. The Balaban J connectivity index is 0.00000226. The van der Waals surface area contributed by atoms with Gasteiger partial charge in [0.25, 0.3) is 0 Å². The van der Waals surface area contributed by atoms with Crippen LogP contribution in [0.5, 0.6) is 0 Å². The highest BCUT2D eigenvalue weighted by Crippen LogP contribution is 2.20. The topological polar surface area (TPSA) is 68.7 Å². The van der Waals surface area contributed by atoms with Gasteiger partial charge in [-0.25, -0.2) is 0 Å². The lowest BCUT2D eigenvalue weighted by Crippen LogP contribution is -2.47. The highest BCUT2D eigenvalue weighted by atomic mass is 35.5. The third-order valence-electron chi connectivity index (χ3n) is 6.65. The Bertz CT molecular complexity index is 1250. The van der Waals surface area contributed by atoms with Crippen molar-refractivity contribution >= 4 is 29.6 Å². The zero-order valence-corrected chi connectivity index (χ0v) is 24.9. The molecule has 41 heavy (non-hydrogen) atoms. The molecular weight excluding hydrogens is 555 g/mol. The zero-order valence-electron chi connectivity index (χ0n) is 23.4. The van der Waals surface area contributed by atoms with E-state index in [2.05, 4.69) is 68.6 Å². The van der Waals surface area contributed by atoms with Crippen LogP contribution in [0.25, 0.3) is 0 Å². The molecule has 1 heterocycles. The summed E-state index contributed by atoms with van der Waals surface area (Å²) in [7, 11) is 1.00. The van der Waals surface area contributed by atoms with E-state index in [1.54, 1.807) is 0 Å². The number of pyridine rings is 1. The molecule has 0 radical (unpaired) electrons. The molecule has 216 valence electrons. The molecule has 1 atom stereocenters. The van der Waals surface area contributed by atoms with E-state index in [1.165, 1.54) is 11.1 Å². The number of amides is 1. The van der Waals surface area contributed by atoms with Gasteiger partial charge in [0.1, 0.15) is 0 Å². The maximum Gasteiger partial charge on any atom is 0.207 e. The Morgan fingerprint density at radius 1 is 0.780 bits per heavy atom. The van der Waals surface area contributed by atoms with Gasteiger partial charge in [0.05, 0.1) is 0 Å². The van der Waals surface area contributed by atoms with E-state index in [4.69, 9.17) is 28.3 Å². The number of aromatic nitrogens is 1. The smallest absolute Gasteiger partial charge is 0.207 e. The number of carbonyl (C=O) groups excluding carboxylic acids is 1. The molecule has 0 spiro atoms. The first-order chi connectivity index (χ1) is 20.1. The van der Waals surface area contributed by atoms with E-state index >= 15 is 0 Å². The molecule has 1 amide bonds. The van der Waals surface area contributed by atoms with E-state index in [0.717, 1.165) is 73.8 Å². The summed E-state index contributed by atoms with van der Waals surface area (Å²) in [5.74, 6) is 0. The van der Waals surface area contributed by atoms with Crippen molar-refractivity contribution in [2.75, 3.05) is 26.7 Å². The highest BCUT2D eigenvalue weighted by molar-refractivity contribution is 6.30. The van der Waals surface area contributed by atoms with Gasteiger partial charge < -0.3 is 10.4 Å². The first kappa shape index (κ1) is 32.3. The number of halogens is 2. The van der Waals surface area contributed by atoms with E-state index in [-0.39, 0.29) is 6.04 Å². The largest absolute Gasteiger partial charge is 0.400 e. The van der Waals surface area contributed by atoms with Gasteiger partial charge in [-0.2, -0.15) is 0 Å². The molecule has 0 saturated heterocycles. The summed E-state index contributed by atoms with van der Waals surface area (Å²) in [4.78, 5) is 20.2. The van der Waals surface area contributed by atoms with Crippen molar-refractivity contribution in [3.8, 4) is 0 Å². The Labute approximate surface area is 253 Å². The normalized spacial score (nSPS) is 11.6. The van der Waals surface area contributed by atoms with Crippen LogP contribution < -0.4 is 5.32 Å². The number of nitrogens with one attached hydrogen (secondary N) is 1. The molecule has 0 aliphatic rings. The molecule has 0 aliphatic heterocycles. The SMILES string of the molecule is CO.O=CNCCN(Cc1ccncc1)C(Cc1ccccc1)CN(Cc1cccc(Cl)c1)Cc1cccc(Cl)c1. The number of hydrogen-bond acceptors (Lipinski definition) is 5. The minimum absolute atomic E-state index is 0.174. The van der Waals surface area contributed by atoms with Gasteiger partial charge in [-0.3, -0.25) is 19.6 Å². The van der Waals surface area contributed by atoms with Gasteiger partial charge in [0, 0.05) is 74.9 Å². The number of rotatable bonds is 15. The molecule has 0 saturated carbocycles. The minimum Gasteiger partial charge on any atom is -0.400 e. The first-order valence-electron chi connectivity index (χ1n) is 13.6. The van der Waals surface area contributed by atoms with Crippen LogP contribution in [0.4, 0.5) is 0 Å². The van der Waals surface area contributed by atoms with E-state index in [0.29, 0.717) is 6.54 Å². The number of benzene rings is 3. The second-order valence-corrected chi connectivity index (χ2v) is 10.5. The number of carbonyl (C=O) groups is 1. The lowest BCUT2D eigenvalue weighted by Gasteiger charge is -2.36. The van der Waals surface area contributed by atoms with Gasteiger partial charge in [-0.1, -0.05) is 77.8 Å². The quantitative estimate of drug-likeness (QED) is 0.134. The summed E-state index contributed by atoms with van der Waals surface area (Å²) in [5, 5.41) is 11.3. The maximum atomic E-state index is 11.1. The van der Waals surface area contributed by atoms with Crippen molar-refractivity contribution in [1.82, 2.24) is 20.1 Å². The fourth-order valence-electron chi connectivity index (χ4n) is 4.85. The lowest BCUT2D eigenvalue weighted by atomic mass is 10.0. The molecule has 0 aliphatic carbocycles. The monoisotopic (exact) mass is 592 g/mol. The Kier molecular flexibility index (Phi) is 14.3. The lowest BCUT2D eigenvalue weighted by molar-refractivity contribution is -0.109. The summed E-state index contributed by atoms with van der Waals surface area (Å²) in [6, 6.07) is 31.0. The number of hydrogen-bond donors (Lipinski definition) is 2. The fraction of sp³-hybridized carbons (Fsp3) is 0.273. The average molecular weight is 594 g/mol. The molecule has 1 aromatic heterocycles. The molecule has 0 fully saturated rings. The van der Waals surface area contributed by atoms with Crippen molar-refractivity contribution in [2.45, 2.75) is 32.1 Å². The second kappa shape index (κ2) is 18.2. The van der Waals surface area contributed by atoms with Crippen molar-refractivity contribution in [1.29, 1.82) is 0 Å². The molecule has 8 heteroatoms. The molecular formula is C33H38Cl2N4O2. The summed E-state index contributed by atoms with van der Waals surface area (Å²) >= 11 is 12.7. The standard InChI is InChI=1S/C32H34Cl2N4O.CH4O/c33-30-10-4-8-28(18-30)21-37(22-29-9-5-11-31(34)19-29)24-32(20-26-6-2-1-3-7-26)38(17-16-36-25-39)23-27-12-14-35-15-13-27;1-2/h1-15,18-19,25,32H,16-17,20-24H2,(H,36,39);2H,1H3. The van der Waals surface area contributed by atoms with Gasteiger partial charge in [0.2, 0.25) is 6.41 Å². The number of aliphatic hydroxyl groups excluding tert-OH is 1. The predicted molar refractivity (Wildman–Crippen MR) is 168 cm³/mol. The van der Waals surface area contributed by atoms with Gasteiger partial charge >= 0.3 is 0 Å². The van der Waals surface area contributed by atoms with Crippen molar-refractivity contribution in [3.63, 3.8) is 0 Å². The van der Waals surface area contributed by atoms with Crippen LogP contribution in [0.15, 0.2) is 103 Å². The van der Waals surface area contributed by atoms with Crippen LogP contribution in [0.3, 0.4) is 0 Å². The second-order valence-electron chi connectivity index (χ2n) is 9.67. The fourth-order valence-corrected chi connectivity index (χ4v) is 5.27. The van der Waals surface area contributed by atoms with Crippen molar-refractivity contribution in [2.24, 2.45) is 0 Å². The third-order valence-corrected chi connectivity index (χ3v) is 7.12. The van der Waals surface area contributed by atoms with E-state index in [1.807, 2.05) is 54.9 Å². The van der Waals surface area contributed by atoms with E-state index < -0.39 is 0 Å². The minimum atomic E-state index is 0.174. The molecule has 4 aromatic rings. The molecule has 0 bridgehead atoms. The third kappa shape index (κ3) is 11.6. The molecule has 1 unspecified atom stereocenters. The molecule has 6 nitrogen and oxygen atoms in total. The maximum absolute atomic E-state index is 11.1. The Hall–Kier alpha value is -3.26. The highest BCUT2D eigenvalue weighted by Gasteiger charge is 2.23. The summed E-state index contributed by atoms with van der Waals surface area (Å²) in [5.41, 5.74) is 4.78. The van der Waals surface area contributed by atoms with Crippen LogP contribution in [0.2, 0.25) is 10.0 Å². The van der Waals surface area contributed by atoms with Crippen LogP contribution in [-0.4, -0.2) is 59.1 Å². The van der Waals surface area contributed by atoms with Crippen molar-refractivity contribution < 1.29 is 9.90 Å². The zero-order chi connectivity index (χ0) is 29.3. The van der Waals surface area contributed by atoms with E-state index in [9.17, 15) is 4.79 Å². The summed E-state index contributed by atoms with van der Waals surface area (Å²) in [6.07, 6.45) is 5.29. The molecule has 2 N–H and O–H groups in total. The molecule has 4 rings (SSSR count). The van der Waals surface area contributed by atoms with Gasteiger partial charge in [-0.05, 0) is 65.1 Å². The first-order valence-corrected chi connectivity index (χ1v) is 14.3. The Morgan fingerprint density at radius 2 is 1.37 bits per heavy atom. The number of nitrogens with zero attached hydrogens (tertiary/aromatic N) is 3. The molecule has 3 aromatic carbocycles. The van der Waals surface area contributed by atoms with Crippen molar-refractivity contribution in [3.05, 3.63) is 136 Å². The van der Waals surface area contributed by atoms with Gasteiger partial charge in [-0.15, -0.1) is 0 Å². The average Bonchev–Trinajstić information content (AvgIpc) is 2.98. The number of aliphatic hydroxyl groups is 1. The summed E-state index contributed by atoms with van der Waals surface area (Å²) < 4.78 is 0. The van der Waals surface area contributed by atoms with Crippen LogP contribution in [0, 0.1) is 0 Å².